The van der Waals surface area contributed by atoms with Gasteiger partial charge in [0.15, 0.2) is 0 Å². The predicted octanol–water partition coefficient (Wildman–Crippen LogP) is 7.32. The average Bonchev–Trinajstić information content (AvgIpc) is 3.19. The molecule has 0 fully saturated rings. The van der Waals surface area contributed by atoms with Gasteiger partial charge in [-0.3, -0.25) is 29.7 Å². The molecule has 4 heterocycles. The van der Waals surface area contributed by atoms with Gasteiger partial charge in [0, 0.05) is 70.6 Å². The van der Waals surface area contributed by atoms with Gasteiger partial charge in [0.1, 0.15) is 5.75 Å². The zero-order valence-corrected chi connectivity index (χ0v) is 30.5. The second-order valence-electron chi connectivity index (χ2n) is 13.3. The molecule has 0 aliphatic rings. The molecule has 0 saturated heterocycles. The maximum atomic E-state index is 11.1. The molecule has 54 heavy (non-hydrogen) atoms. The van der Waals surface area contributed by atoms with Gasteiger partial charge in [-0.25, -0.2) is 4.79 Å². The minimum Gasteiger partial charge on any atom is -0.494 e. The lowest BCUT2D eigenvalue weighted by Crippen LogP contribution is -2.25. The van der Waals surface area contributed by atoms with Crippen molar-refractivity contribution >= 4 is 5.97 Å². The highest BCUT2D eigenvalue weighted by molar-refractivity contribution is 5.87. The lowest BCUT2D eigenvalue weighted by Gasteiger charge is -2.25. The Morgan fingerprint density at radius 2 is 1.02 bits per heavy atom. The molecule has 6 rings (SSSR count). The summed E-state index contributed by atoms with van der Waals surface area (Å²) in [4.78, 5) is 34.4. The number of nitrogens with zero attached hydrogens (tertiary/aromatic N) is 6. The van der Waals surface area contributed by atoms with Crippen LogP contribution in [0.1, 0.15) is 62.7 Å². The molecule has 10 heteroatoms. The second kappa shape index (κ2) is 20.4. The number of nitrogens with one attached hydrogen (secondary N) is 1. The van der Waals surface area contributed by atoms with E-state index in [1.165, 1.54) is 0 Å². The number of aromatic carboxylic acids is 1. The Kier molecular flexibility index (Phi) is 14.4. The van der Waals surface area contributed by atoms with E-state index in [2.05, 4.69) is 77.5 Å². The van der Waals surface area contributed by atoms with E-state index in [1.54, 1.807) is 12.1 Å². The molecule has 0 amide bonds. The van der Waals surface area contributed by atoms with Gasteiger partial charge in [0.05, 0.1) is 34.9 Å². The maximum Gasteiger partial charge on any atom is 0.335 e. The fourth-order valence-electron chi connectivity index (χ4n) is 6.27. The number of ether oxygens (including phenoxy) is 1. The van der Waals surface area contributed by atoms with E-state index in [4.69, 9.17) is 9.84 Å². The number of hydrogen-bond acceptors (Lipinski definition) is 9. The van der Waals surface area contributed by atoms with Crippen molar-refractivity contribution in [3.8, 4) is 5.75 Å². The first kappa shape index (κ1) is 37.9. The molecule has 0 atom stereocenters. The van der Waals surface area contributed by atoms with Crippen LogP contribution >= 0.6 is 0 Å². The Morgan fingerprint density at radius 3 is 1.43 bits per heavy atom. The Bertz CT molecular complexity index is 1790. The lowest BCUT2D eigenvalue weighted by molar-refractivity contribution is 0.0697. The van der Waals surface area contributed by atoms with E-state index in [1.807, 2.05) is 85.5 Å². The third-order valence-electron chi connectivity index (χ3n) is 8.83. The molecule has 0 saturated carbocycles. The maximum absolute atomic E-state index is 11.1. The number of pyridine rings is 4. The van der Waals surface area contributed by atoms with Crippen molar-refractivity contribution < 1.29 is 14.6 Å². The smallest absolute Gasteiger partial charge is 0.335 e. The quantitative estimate of drug-likeness (QED) is 0.0733. The van der Waals surface area contributed by atoms with Crippen LogP contribution < -0.4 is 10.1 Å². The molecule has 6 aromatic rings. The number of carboxylic acids is 1. The molecule has 10 nitrogen and oxygen atoms in total. The van der Waals surface area contributed by atoms with Crippen molar-refractivity contribution in [1.82, 2.24) is 35.1 Å². The number of carboxylic acid groups (broad SMARTS) is 1. The summed E-state index contributed by atoms with van der Waals surface area (Å²) < 4.78 is 6.45. The molecule has 4 aromatic heterocycles. The van der Waals surface area contributed by atoms with Crippen LogP contribution in [0.2, 0.25) is 0 Å². The van der Waals surface area contributed by atoms with Crippen molar-refractivity contribution in [3.05, 3.63) is 185 Å². The molecule has 0 unspecified atom stereocenters. The average molecular weight is 722 g/mol. The lowest BCUT2D eigenvalue weighted by atomic mass is 10.1. The van der Waals surface area contributed by atoms with Crippen LogP contribution in [0.3, 0.4) is 0 Å². The van der Waals surface area contributed by atoms with Crippen LogP contribution in [0.5, 0.6) is 5.75 Å². The van der Waals surface area contributed by atoms with Crippen LogP contribution in [0, 0.1) is 0 Å². The van der Waals surface area contributed by atoms with Gasteiger partial charge in [-0.1, -0.05) is 42.5 Å². The number of unbranched alkanes of at least 4 members (excludes halogenated alkanes) is 1. The highest BCUT2D eigenvalue weighted by Gasteiger charge is 2.15. The molecule has 0 spiro atoms. The molecule has 276 valence electrons. The monoisotopic (exact) mass is 721 g/mol. The van der Waals surface area contributed by atoms with Gasteiger partial charge in [0.25, 0.3) is 0 Å². The number of hydrogen-bond donors (Lipinski definition) is 2. The molecule has 0 bridgehead atoms. The molecular weight excluding hydrogens is 675 g/mol. The van der Waals surface area contributed by atoms with Gasteiger partial charge in [0.2, 0.25) is 0 Å². The van der Waals surface area contributed by atoms with Crippen molar-refractivity contribution in [2.24, 2.45) is 0 Å². The van der Waals surface area contributed by atoms with Crippen LogP contribution in [-0.4, -0.2) is 54.0 Å². The summed E-state index contributed by atoms with van der Waals surface area (Å²) in [6.45, 7) is 6.22. The van der Waals surface area contributed by atoms with Crippen molar-refractivity contribution in [2.75, 3.05) is 13.2 Å². The molecule has 2 aromatic carbocycles. The number of rotatable bonds is 21. The Hall–Kier alpha value is -5.81. The van der Waals surface area contributed by atoms with E-state index in [9.17, 15) is 4.79 Å². The van der Waals surface area contributed by atoms with Crippen LogP contribution in [-0.2, 0) is 45.8 Å². The van der Waals surface area contributed by atoms with Gasteiger partial charge in [-0.05, 0) is 109 Å². The summed E-state index contributed by atoms with van der Waals surface area (Å²) in [6.07, 6.45) is 9.20. The minimum atomic E-state index is -0.912. The third-order valence-corrected chi connectivity index (χ3v) is 8.83. The van der Waals surface area contributed by atoms with E-state index in [-0.39, 0.29) is 0 Å². The molecule has 0 radical (unpaired) electrons. The number of carbonyl (C=O) groups is 1. The molecule has 0 aliphatic heterocycles. The first-order valence-electron chi connectivity index (χ1n) is 18.4. The van der Waals surface area contributed by atoms with Gasteiger partial charge in [-0.15, -0.1) is 0 Å². The van der Waals surface area contributed by atoms with Crippen LogP contribution in [0.25, 0.3) is 0 Å². The van der Waals surface area contributed by atoms with E-state index >= 15 is 0 Å². The number of aromatic nitrogens is 4. The van der Waals surface area contributed by atoms with Crippen LogP contribution in [0.15, 0.2) is 140 Å². The summed E-state index contributed by atoms with van der Waals surface area (Å²) in [5.74, 6) is -0.0648. The molecule has 0 aliphatic carbocycles. The first-order chi connectivity index (χ1) is 26.6. The highest BCUT2D eigenvalue weighted by Crippen LogP contribution is 2.23. The minimum absolute atomic E-state index is 0.298. The van der Waals surface area contributed by atoms with Crippen LogP contribution in [0.4, 0.5) is 0 Å². The summed E-state index contributed by atoms with van der Waals surface area (Å²) in [7, 11) is 0. The van der Waals surface area contributed by atoms with E-state index in [0.29, 0.717) is 58.0 Å². The fourth-order valence-corrected chi connectivity index (χ4v) is 6.27. The van der Waals surface area contributed by atoms with Crippen molar-refractivity contribution in [1.29, 1.82) is 0 Å². The Labute approximate surface area is 317 Å². The zero-order valence-electron chi connectivity index (χ0n) is 30.5. The first-order valence-corrected chi connectivity index (χ1v) is 18.4. The zero-order chi connectivity index (χ0) is 37.2. The highest BCUT2D eigenvalue weighted by atomic mass is 16.5. The summed E-state index contributed by atoms with van der Waals surface area (Å²) in [5, 5.41) is 12.6. The number of benzene rings is 2. The predicted molar refractivity (Wildman–Crippen MR) is 209 cm³/mol. The largest absolute Gasteiger partial charge is 0.494 e. The fraction of sp³-hybridized carbons (Fsp3) is 0.250. The standard InChI is InChI=1S/C44H47N7O3/c52-44(53)38-17-15-35(16-18-38)28-45-19-9-10-24-54-43-26-36(29-50(31-39-11-1-5-20-46-39)32-40-12-2-6-21-47-40)25-37(27-43)30-51(33-41-13-3-7-22-48-41)34-42-14-4-8-23-49-42/h1-8,11-18,20-23,25-27,45H,9-10,19,24,28-34H2,(H,52,53). The SMILES string of the molecule is O=C(O)c1ccc(CNCCCCOc2cc(CN(Cc3ccccn3)Cc3ccccn3)cc(CN(Cc3ccccn3)Cc3ccccn3)c2)cc1. The Balaban J connectivity index is 1.16. The molecule has 2 N–H and O–H groups in total. The van der Waals surface area contributed by atoms with E-state index < -0.39 is 5.97 Å². The van der Waals surface area contributed by atoms with Crippen molar-refractivity contribution in [3.63, 3.8) is 0 Å². The third kappa shape index (κ3) is 12.7. The van der Waals surface area contributed by atoms with Crippen molar-refractivity contribution in [2.45, 2.75) is 58.7 Å². The van der Waals surface area contributed by atoms with Gasteiger partial charge < -0.3 is 15.2 Å². The summed E-state index contributed by atoms with van der Waals surface area (Å²) >= 11 is 0. The second-order valence-corrected chi connectivity index (χ2v) is 13.3. The topological polar surface area (TPSA) is 117 Å². The van der Waals surface area contributed by atoms with Gasteiger partial charge >= 0.3 is 5.97 Å². The normalized spacial score (nSPS) is 11.2. The summed E-state index contributed by atoms with van der Waals surface area (Å²) in [6, 6.07) is 37.7. The van der Waals surface area contributed by atoms with Gasteiger partial charge in [-0.2, -0.15) is 0 Å². The summed E-state index contributed by atoms with van der Waals surface area (Å²) in [5.41, 5.74) is 7.67. The Morgan fingerprint density at radius 1 is 0.556 bits per heavy atom. The molecular formula is C44H47N7O3. The van der Waals surface area contributed by atoms with E-state index in [0.717, 1.165) is 64.6 Å².